The Labute approximate surface area is 114 Å². The molecule has 0 atom stereocenters. The number of nitrogens with zero attached hydrogens (tertiary/aromatic N) is 4. The summed E-state index contributed by atoms with van der Waals surface area (Å²) in [6.45, 7) is 2.07. The zero-order valence-electron chi connectivity index (χ0n) is 11.1. The Morgan fingerprint density at radius 2 is 2.25 bits per heavy atom. The zero-order chi connectivity index (χ0) is 14.3. The summed E-state index contributed by atoms with van der Waals surface area (Å²) in [6.07, 6.45) is 2.12. The van der Waals surface area contributed by atoms with Crippen molar-refractivity contribution >= 4 is 16.7 Å². The molecule has 0 amide bonds. The lowest BCUT2D eigenvalue weighted by Crippen LogP contribution is -1.96. The van der Waals surface area contributed by atoms with E-state index in [0.717, 1.165) is 17.5 Å². The van der Waals surface area contributed by atoms with Gasteiger partial charge in [-0.3, -0.25) is 15.2 Å². The number of nitro groups is 1. The molecule has 1 aromatic carbocycles. The number of rotatable bonds is 3. The monoisotopic (exact) mass is 271 g/mol. The summed E-state index contributed by atoms with van der Waals surface area (Å²) in [4.78, 5) is 15.0. The second-order valence-electron chi connectivity index (χ2n) is 4.56. The summed E-state index contributed by atoms with van der Waals surface area (Å²) in [6, 6.07) is 6.02. The van der Waals surface area contributed by atoms with Crippen LogP contribution in [0.15, 0.2) is 24.4 Å². The van der Waals surface area contributed by atoms with E-state index in [-0.39, 0.29) is 5.69 Å². The number of H-pyrrole nitrogens is 1. The first-order valence-electron chi connectivity index (χ1n) is 6.25. The highest BCUT2D eigenvalue weighted by molar-refractivity contribution is 5.82. The number of aromatic amines is 1. The molecule has 0 saturated carbocycles. The standard InChI is InChI=1S/C13H13N5O2/c1-3-8-4-5-10-9(6-8)15-13(17(10)2)12-11(18(19)20)7-14-16-12/h4-7H,3H2,1-2H3,(H,14,16). The average Bonchev–Trinajstić information content (AvgIpc) is 3.03. The molecule has 0 aliphatic rings. The quantitative estimate of drug-likeness (QED) is 0.585. The smallest absolute Gasteiger partial charge is 0.317 e. The van der Waals surface area contributed by atoms with Gasteiger partial charge in [0.25, 0.3) is 0 Å². The van der Waals surface area contributed by atoms with Crippen molar-refractivity contribution in [2.24, 2.45) is 7.05 Å². The van der Waals surface area contributed by atoms with Crippen molar-refractivity contribution in [3.63, 3.8) is 0 Å². The van der Waals surface area contributed by atoms with Crippen LogP contribution in [0, 0.1) is 10.1 Å². The van der Waals surface area contributed by atoms with Crippen LogP contribution in [0.25, 0.3) is 22.6 Å². The first-order valence-corrected chi connectivity index (χ1v) is 6.25. The zero-order valence-corrected chi connectivity index (χ0v) is 11.1. The number of hydrogen-bond acceptors (Lipinski definition) is 4. The molecule has 1 N–H and O–H groups in total. The Balaban J connectivity index is 2.24. The number of fused-ring (bicyclic) bond motifs is 1. The van der Waals surface area contributed by atoms with Gasteiger partial charge in [0.05, 0.1) is 16.0 Å². The number of nitrogens with one attached hydrogen (secondary N) is 1. The van der Waals surface area contributed by atoms with Crippen LogP contribution in [0.1, 0.15) is 12.5 Å². The van der Waals surface area contributed by atoms with Crippen LogP contribution in [0.5, 0.6) is 0 Å². The molecule has 0 saturated heterocycles. The van der Waals surface area contributed by atoms with E-state index in [4.69, 9.17) is 0 Å². The van der Waals surface area contributed by atoms with Crippen molar-refractivity contribution in [3.05, 3.63) is 40.1 Å². The molecule has 0 aliphatic carbocycles. The van der Waals surface area contributed by atoms with Gasteiger partial charge in [-0.15, -0.1) is 0 Å². The first kappa shape index (κ1) is 12.3. The van der Waals surface area contributed by atoms with Crippen LogP contribution < -0.4 is 0 Å². The van der Waals surface area contributed by atoms with Gasteiger partial charge in [-0.05, 0) is 24.1 Å². The van der Waals surface area contributed by atoms with Crippen molar-refractivity contribution in [3.8, 4) is 11.5 Å². The number of benzene rings is 1. The number of imidazole rings is 1. The SMILES string of the molecule is CCc1ccc2c(c1)nc(-c1[nH]ncc1[N+](=O)[O-])n2C. The molecule has 2 heterocycles. The molecule has 0 bridgehead atoms. The first-order chi connectivity index (χ1) is 9.61. The van der Waals surface area contributed by atoms with E-state index in [1.54, 1.807) is 0 Å². The van der Waals surface area contributed by atoms with Gasteiger partial charge in [0.1, 0.15) is 6.20 Å². The second kappa shape index (κ2) is 4.44. The van der Waals surface area contributed by atoms with E-state index in [2.05, 4.69) is 22.1 Å². The fourth-order valence-electron chi connectivity index (χ4n) is 2.27. The Morgan fingerprint density at radius 3 is 2.95 bits per heavy atom. The molecule has 3 rings (SSSR count). The van der Waals surface area contributed by atoms with Gasteiger partial charge < -0.3 is 4.57 Å². The molecular formula is C13H13N5O2. The van der Waals surface area contributed by atoms with Crippen molar-refractivity contribution in [1.82, 2.24) is 19.7 Å². The third kappa shape index (κ3) is 1.75. The van der Waals surface area contributed by atoms with Gasteiger partial charge in [0.15, 0.2) is 11.5 Å². The van der Waals surface area contributed by atoms with E-state index >= 15 is 0 Å². The van der Waals surface area contributed by atoms with Crippen molar-refractivity contribution in [1.29, 1.82) is 0 Å². The molecule has 0 aliphatic heterocycles. The molecule has 7 heteroatoms. The molecule has 0 fully saturated rings. The molecule has 3 aromatic rings. The van der Waals surface area contributed by atoms with Crippen molar-refractivity contribution in [2.75, 3.05) is 0 Å². The molecule has 2 aromatic heterocycles. The van der Waals surface area contributed by atoms with Crippen molar-refractivity contribution in [2.45, 2.75) is 13.3 Å². The van der Waals surface area contributed by atoms with Gasteiger partial charge >= 0.3 is 5.69 Å². The van der Waals surface area contributed by atoms with Crippen LogP contribution in [0.4, 0.5) is 5.69 Å². The molecule has 20 heavy (non-hydrogen) atoms. The fourth-order valence-corrected chi connectivity index (χ4v) is 2.27. The maximum absolute atomic E-state index is 11.0. The summed E-state index contributed by atoms with van der Waals surface area (Å²) >= 11 is 0. The number of aromatic nitrogens is 4. The van der Waals surface area contributed by atoms with E-state index in [1.165, 1.54) is 11.8 Å². The van der Waals surface area contributed by atoms with Gasteiger partial charge in [-0.2, -0.15) is 5.10 Å². The summed E-state index contributed by atoms with van der Waals surface area (Å²) in [7, 11) is 1.83. The second-order valence-corrected chi connectivity index (χ2v) is 4.56. The van der Waals surface area contributed by atoms with Crippen LogP contribution in [0.3, 0.4) is 0 Å². The highest BCUT2D eigenvalue weighted by Crippen LogP contribution is 2.29. The topological polar surface area (TPSA) is 89.6 Å². The molecule has 102 valence electrons. The van der Waals surface area contributed by atoms with Crippen LogP contribution in [-0.2, 0) is 13.5 Å². The minimum absolute atomic E-state index is 0.0703. The minimum atomic E-state index is -0.463. The number of hydrogen-bond donors (Lipinski definition) is 1. The van der Waals surface area contributed by atoms with Gasteiger partial charge in [0, 0.05) is 7.05 Å². The summed E-state index contributed by atoms with van der Waals surface area (Å²) in [5.74, 6) is 0.512. The lowest BCUT2D eigenvalue weighted by Gasteiger charge is -2.00. The number of aryl methyl sites for hydroxylation is 2. The lowest BCUT2D eigenvalue weighted by atomic mass is 10.1. The summed E-state index contributed by atoms with van der Waals surface area (Å²) in [5.41, 5.74) is 3.19. The van der Waals surface area contributed by atoms with E-state index in [0.29, 0.717) is 11.5 Å². The predicted octanol–water partition coefficient (Wildman–Crippen LogP) is 2.43. The van der Waals surface area contributed by atoms with Crippen LogP contribution >= 0.6 is 0 Å². The van der Waals surface area contributed by atoms with Gasteiger partial charge in [-0.1, -0.05) is 13.0 Å². The summed E-state index contributed by atoms with van der Waals surface area (Å²) in [5, 5.41) is 17.4. The lowest BCUT2D eigenvalue weighted by molar-refractivity contribution is -0.384. The molecular weight excluding hydrogens is 258 g/mol. The highest BCUT2D eigenvalue weighted by atomic mass is 16.6. The Kier molecular flexibility index (Phi) is 2.74. The average molecular weight is 271 g/mol. The predicted molar refractivity (Wildman–Crippen MR) is 74.3 cm³/mol. The normalized spacial score (nSPS) is 11.1. The molecule has 0 spiro atoms. The van der Waals surface area contributed by atoms with Gasteiger partial charge in [-0.25, -0.2) is 4.98 Å². The Hall–Kier alpha value is -2.70. The minimum Gasteiger partial charge on any atom is -0.326 e. The highest BCUT2D eigenvalue weighted by Gasteiger charge is 2.22. The molecule has 0 radical (unpaired) electrons. The Morgan fingerprint density at radius 1 is 1.45 bits per heavy atom. The van der Waals surface area contributed by atoms with E-state index in [9.17, 15) is 10.1 Å². The largest absolute Gasteiger partial charge is 0.326 e. The molecule has 7 nitrogen and oxygen atoms in total. The third-order valence-corrected chi connectivity index (χ3v) is 3.39. The summed E-state index contributed by atoms with van der Waals surface area (Å²) < 4.78 is 1.83. The third-order valence-electron chi connectivity index (χ3n) is 3.39. The van der Waals surface area contributed by atoms with Crippen molar-refractivity contribution < 1.29 is 4.92 Å². The fraction of sp³-hybridized carbons (Fsp3) is 0.231. The maximum atomic E-state index is 11.0. The molecule has 0 unspecified atom stereocenters. The van der Waals surface area contributed by atoms with E-state index < -0.39 is 4.92 Å². The Bertz CT molecular complexity index is 802. The maximum Gasteiger partial charge on any atom is 0.317 e. The van der Waals surface area contributed by atoms with Crippen LogP contribution in [-0.4, -0.2) is 24.7 Å². The van der Waals surface area contributed by atoms with Crippen LogP contribution in [0.2, 0.25) is 0 Å². The van der Waals surface area contributed by atoms with Gasteiger partial charge in [0.2, 0.25) is 0 Å². The van der Waals surface area contributed by atoms with E-state index in [1.807, 2.05) is 29.8 Å².